The zero-order valence-electron chi connectivity index (χ0n) is 37.9. The van der Waals surface area contributed by atoms with Crippen LogP contribution in [0.4, 0.5) is 27.9 Å². The third-order valence-electron chi connectivity index (χ3n) is 11.2. The van der Waals surface area contributed by atoms with Gasteiger partial charge < -0.3 is 53.3 Å². The zero-order valence-corrected chi connectivity index (χ0v) is 40.3. The predicted octanol–water partition coefficient (Wildman–Crippen LogP) is 8.16. The molecule has 0 bridgehead atoms. The number of benzene rings is 2. The molecule has 0 spiro atoms. The van der Waals surface area contributed by atoms with Crippen LogP contribution in [0.15, 0.2) is 103 Å². The minimum Gasteiger partial charge on any atom is -0.490 e. The van der Waals surface area contributed by atoms with Crippen LogP contribution in [0.25, 0.3) is 42.8 Å². The Bertz CT molecular complexity index is 3000. The summed E-state index contributed by atoms with van der Waals surface area (Å²) in [7, 11) is 0. The predicted molar refractivity (Wildman–Crippen MR) is 270 cm³/mol. The highest BCUT2D eigenvalue weighted by atomic mass is 35.5. The van der Waals surface area contributed by atoms with Crippen LogP contribution in [0.1, 0.15) is 20.8 Å². The number of fused-ring (bicyclic) bond motifs is 4. The zero-order chi connectivity index (χ0) is 48.1. The number of nitrogens with one attached hydrogen (secondary N) is 2. The van der Waals surface area contributed by atoms with E-state index in [-0.39, 0.29) is 22.9 Å². The lowest BCUT2D eigenvalue weighted by Crippen LogP contribution is -2.50. The Hall–Kier alpha value is -6.60. The lowest BCUT2D eigenvalue weighted by Gasteiger charge is -2.35. The highest BCUT2D eigenvalue weighted by molar-refractivity contribution is 7.18. The van der Waals surface area contributed by atoms with Gasteiger partial charge in [-0.25, -0.2) is 4.79 Å². The molecule has 2 amide bonds. The van der Waals surface area contributed by atoms with Crippen molar-refractivity contribution in [2.24, 2.45) is 0 Å². The van der Waals surface area contributed by atoms with Crippen LogP contribution in [0.3, 0.4) is 0 Å². The summed E-state index contributed by atoms with van der Waals surface area (Å²) in [6.07, 6.45) is 2.03. The number of thiophene rings is 2. The number of piperazine rings is 2. The van der Waals surface area contributed by atoms with Gasteiger partial charge in [0.1, 0.15) is 39.7 Å². The maximum absolute atomic E-state index is 12.9. The van der Waals surface area contributed by atoms with Gasteiger partial charge in [-0.3, -0.25) is 19.2 Å². The largest absolute Gasteiger partial charge is 0.490 e. The summed E-state index contributed by atoms with van der Waals surface area (Å²) in [6, 6.07) is 14.8. The third-order valence-corrected chi connectivity index (χ3v) is 13.3. The van der Waals surface area contributed by atoms with Crippen LogP contribution in [0, 0.1) is 0 Å². The second-order valence-electron chi connectivity index (χ2n) is 16.9. The first-order valence-corrected chi connectivity index (χ1v) is 24.2. The fourth-order valence-corrected chi connectivity index (χ4v) is 9.75. The normalized spacial score (nSPS) is 15.5. The minimum atomic E-state index is -0.528. The summed E-state index contributed by atoms with van der Waals surface area (Å²) in [5.41, 5.74) is 5.74. The van der Waals surface area contributed by atoms with E-state index in [2.05, 4.69) is 28.7 Å². The van der Waals surface area contributed by atoms with Gasteiger partial charge in [-0.1, -0.05) is 25.3 Å². The van der Waals surface area contributed by atoms with Crippen LogP contribution < -0.4 is 45.7 Å². The average molecular weight is 984 g/mol. The van der Waals surface area contributed by atoms with Crippen LogP contribution >= 0.6 is 34.3 Å². The van der Waals surface area contributed by atoms with Gasteiger partial charge in [-0.2, -0.15) is 0 Å². The number of hydrogen-bond acceptors (Lipinski definition) is 16. The molecule has 10 rings (SSSR count). The molecule has 4 aliphatic heterocycles. The second-order valence-corrected chi connectivity index (χ2v) is 19.1. The number of nitrogens with zero attached hydrogens (tertiary/aromatic N) is 4. The summed E-state index contributed by atoms with van der Waals surface area (Å²) in [4.78, 5) is 67.1. The van der Waals surface area contributed by atoms with Crippen molar-refractivity contribution in [3.63, 3.8) is 0 Å². The number of hydrogen-bond donors (Lipinski definition) is 2. The van der Waals surface area contributed by atoms with Crippen LogP contribution in [0.2, 0.25) is 0 Å². The minimum absolute atomic E-state index is 0.0363. The standard InChI is InChI=1S/C24H27N3O5S.C22H21N3O4S.C3H3ClO/c1-24(2,3)32-23(29)27-9-7-26(8-10-27)20-13-18(28)22-21(31-20)16(14-33-22)15-4-5-19-17(12-15)25-6-11-30-19;1-2-19(27)25-9-10-28-18-4-3-14(11-16(18)25)15-13-30-22-17(26)12-20(29-21(15)22)24-7-5-23-6-8-24;1-2-3(4)5/h4-5,12-14,25H,6-11H2,1-3H3;2-4,11-13,23H,1,5-10H2;2H,1H2. The molecule has 2 fully saturated rings. The number of carbonyl (C=O) groups excluding carboxylic acids is 3. The molecule has 2 aromatic carbocycles. The molecular weight excluding hydrogens is 932 g/mol. The van der Waals surface area contributed by atoms with Gasteiger partial charge in [0.15, 0.2) is 22.9 Å². The van der Waals surface area contributed by atoms with Crippen LogP contribution in [-0.4, -0.2) is 106 Å². The Kier molecular flexibility index (Phi) is 14.6. The van der Waals surface area contributed by atoms with Crippen molar-refractivity contribution in [3.05, 3.63) is 105 Å². The maximum Gasteiger partial charge on any atom is 0.410 e. The molecule has 4 aromatic heterocycles. The molecule has 16 nitrogen and oxygen atoms in total. The highest BCUT2D eigenvalue weighted by Crippen LogP contribution is 2.41. The Morgan fingerprint density at radius 2 is 1.28 bits per heavy atom. The van der Waals surface area contributed by atoms with E-state index in [0.717, 1.165) is 72.5 Å². The lowest BCUT2D eigenvalue weighted by atomic mass is 10.1. The molecule has 4 aliphatic rings. The van der Waals surface area contributed by atoms with Gasteiger partial charge in [0.05, 0.1) is 17.9 Å². The van der Waals surface area contributed by atoms with E-state index in [1.165, 1.54) is 28.7 Å². The Morgan fingerprint density at radius 3 is 1.85 bits per heavy atom. The van der Waals surface area contributed by atoms with E-state index >= 15 is 0 Å². The topological polar surface area (TPSA) is 176 Å². The van der Waals surface area contributed by atoms with E-state index < -0.39 is 10.8 Å². The Labute approximate surface area is 404 Å². The number of ether oxygens (including phenoxy) is 3. The first-order chi connectivity index (χ1) is 32.7. The van der Waals surface area contributed by atoms with Gasteiger partial charge in [0, 0.05) is 92.9 Å². The molecule has 6 aromatic rings. The van der Waals surface area contributed by atoms with Gasteiger partial charge in [-0.15, -0.1) is 22.7 Å². The smallest absolute Gasteiger partial charge is 0.410 e. The summed E-state index contributed by atoms with van der Waals surface area (Å²) >= 11 is 7.47. The van der Waals surface area contributed by atoms with Crippen LogP contribution in [-0.2, 0) is 14.3 Å². The number of rotatable bonds is 6. The molecule has 19 heteroatoms. The molecule has 8 heterocycles. The Morgan fingerprint density at radius 1 is 0.721 bits per heavy atom. The summed E-state index contributed by atoms with van der Waals surface area (Å²) in [6.45, 7) is 20.0. The van der Waals surface area contributed by atoms with Crippen molar-refractivity contribution < 1.29 is 37.4 Å². The number of halogens is 1. The van der Waals surface area contributed by atoms with Crippen molar-refractivity contribution in [1.29, 1.82) is 0 Å². The van der Waals surface area contributed by atoms with E-state index in [1.54, 1.807) is 21.9 Å². The summed E-state index contributed by atoms with van der Waals surface area (Å²) < 4.78 is 30.6. The van der Waals surface area contributed by atoms with Gasteiger partial charge >= 0.3 is 6.09 Å². The molecule has 0 radical (unpaired) electrons. The van der Waals surface area contributed by atoms with Crippen molar-refractivity contribution in [2.45, 2.75) is 26.4 Å². The van der Waals surface area contributed by atoms with Gasteiger partial charge in [-0.05, 0) is 79.9 Å². The Balaban J connectivity index is 0.000000168. The van der Waals surface area contributed by atoms with Crippen molar-refractivity contribution >= 4 is 95.2 Å². The summed E-state index contributed by atoms with van der Waals surface area (Å²) in [5.74, 6) is 2.44. The molecule has 356 valence electrons. The van der Waals surface area contributed by atoms with E-state index in [0.29, 0.717) is 89.7 Å². The first kappa shape index (κ1) is 47.9. The SMILES string of the molecule is C=CC(=O)Cl.C=CC(=O)N1CCOc2ccc(-c3csc4c(=O)cc(N5CCNCC5)oc34)cc21.CC(C)(C)OC(=O)N1CCN(c2cc(=O)c3scc(-c4ccc5c(c4)NCCO5)c3o2)CC1. The van der Waals surface area contributed by atoms with Crippen molar-refractivity contribution in [2.75, 3.05) is 98.7 Å². The van der Waals surface area contributed by atoms with Crippen molar-refractivity contribution in [3.8, 4) is 33.8 Å². The lowest BCUT2D eigenvalue weighted by molar-refractivity contribution is -0.114. The third kappa shape index (κ3) is 10.7. The van der Waals surface area contributed by atoms with Gasteiger partial charge in [0.2, 0.25) is 16.1 Å². The molecule has 0 unspecified atom stereocenters. The maximum atomic E-state index is 12.9. The molecule has 2 N–H and O–H groups in total. The average Bonchev–Trinajstić information content (AvgIpc) is 3.99. The fourth-order valence-electron chi connectivity index (χ4n) is 7.92. The quantitative estimate of drug-likeness (QED) is 0.121. The molecule has 0 atom stereocenters. The molecule has 68 heavy (non-hydrogen) atoms. The first-order valence-electron chi connectivity index (χ1n) is 22.0. The van der Waals surface area contributed by atoms with Crippen LogP contribution in [0.5, 0.6) is 11.5 Å². The molecule has 0 saturated carbocycles. The fraction of sp³-hybridized carbons (Fsp3) is 0.327. The molecule has 2 saturated heterocycles. The van der Waals surface area contributed by atoms with Crippen molar-refractivity contribution in [1.82, 2.24) is 10.2 Å². The number of carbonyl (C=O) groups is 3. The highest BCUT2D eigenvalue weighted by Gasteiger charge is 2.28. The van der Waals surface area contributed by atoms with Gasteiger partial charge in [0.25, 0.3) is 5.91 Å². The van der Waals surface area contributed by atoms with E-state index in [1.807, 2.05) is 72.8 Å². The molecule has 0 aliphatic carbocycles. The number of anilines is 4. The van der Waals surface area contributed by atoms with E-state index in [4.69, 9.17) is 34.6 Å². The molecular formula is C49H51ClN6O10S2. The monoisotopic (exact) mass is 982 g/mol. The van der Waals surface area contributed by atoms with E-state index in [9.17, 15) is 24.0 Å². The number of amides is 2. The summed E-state index contributed by atoms with van der Waals surface area (Å²) in [5, 5.41) is 10.0. The number of allylic oxidation sites excluding steroid dienone is 1. The second kappa shape index (κ2) is 20.7.